The molecule has 0 aromatic carbocycles. The number of nitrogens with two attached hydrogens (primary N) is 1. The molecule has 1 atom stereocenters. The Morgan fingerprint density at radius 2 is 2.09 bits per heavy atom. The minimum Gasteiger partial charge on any atom is -0.324 e. The number of hydrogen-bond donors (Lipinski definition) is 2. The third-order valence-electron chi connectivity index (χ3n) is 2.37. The third kappa shape index (κ3) is 2.24. The molecule has 0 saturated carbocycles. The van der Waals surface area contributed by atoms with Crippen molar-refractivity contribution in [2.24, 2.45) is 5.73 Å². The molecule has 1 aliphatic carbocycles. The lowest BCUT2D eigenvalue weighted by Crippen LogP contribution is -2.21. The van der Waals surface area contributed by atoms with Crippen molar-refractivity contribution in [2.45, 2.75) is 38.6 Å². The van der Waals surface area contributed by atoms with Crippen LogP contribution in [0.4, 0.5) is 0 Å². The van der Waals surface area contributed by atoms with Gasteiger partial charge in [-0.1, -0.05) is 11.1 Å². The summed E-state index contributed by atoms with van der Waals surface area (Å²) < 4.78 is 0. The van der Waals surface area contributed by atoms with E-state index in [0.717, 1.165) is 5.75 Å². The smallest absolute Gasteiger partial charge is 0.0227 e. The number of thiol groups is 1. The number of rotatable bonds is 2. The maximum Gasteiger partial charge on any atom is 0.0227 e. The van der Waals surface area contributed by atoms with Crippen LogP contribution in [0, 0.1) is 0 Å². The molecule has 64 valence electrons. The van der Waals surface area contributed by atoms with E-state index in [2.05, 4.69) is 19.6 Å². The summed E-state index contributed by atoms with van der Waals surface area (Å²) in [4.78, 5) is 0. The monoisotopic (exact) mass is 171 g/mol. The van der Waals surface area contributed by atoms with Crippen LogP contribution in [0.1, 0.15) is 32.6 Å². The highest BCUT2D eigenvalue weighted by Gasteiger charge is 2.13. The lowest BCUT2D eigenvalue weighted by molar-refractivity contribution is 0.630. The molecule has 1 rings (SSSR count). The van der Waals surface area contributed by atoms with Crippen molar-refractivity contribution in [2.75, 3.05) is 5.75 Å². The highest BCUT2D eigenvalue weighted by Crippen LogP contribution is 2.26. The van der Waals surface area contributed by atoms with E-state index in [4.69, 9.17) is 5.73 Å². The van der Waals surface area contributed by atoms with Gasteiger partial charge < -0.3 is 5.73 Å². The standard InChI is InChI=1S/C9H17NS/c1-7(10)9-5-3-2-4-8(9)6-11/h7,11H,2-6,10H2,1H3. The summed E-state index contributed by atoms with van der Waals surface area (Å²) in [7, 11) is 0. The Bertz CT molecular complexity index is 161. The maximum atomic E-state index is 5.84. The van der Waals surface area contributed by atoms with Gasteiger partial charge in [0.15, 0.2) is 0 Å². The van der Waals surface area contributed by atoms with E-state index >= 15 is 0 Å². The van der Waals surface area contributed by atoms with E-state index in [1.807, 2.05) is 0 Å². The van der Waals surface area contributed by atoms with Crippen molar-refractivity contribution in [3.63, 3.8) is 0 Å². The predicted molar refractivity (Wildman–Crippen MR) is 53.0 cm³/mol. The molecule has 2 N–H and O–H groups in total. The van der Waals surface area contributed by atoms with E-state index in [9.17, 15) is 0 Å². The molecule has 0 bridgehead atoms. The molecule has 1 aliphatic rings. The Morgan fingerprint density at radius 3 is 2.55 bits per heavy atom. The summed E-state index contributed by atoms with van der Waals surface area (Å²) in [6.45, 7) is 2.07. The molecule has 0 aromatic rings. The second-order valence-electron chi connectivity index (χ2n) is 3.28. The zero-order chi connectivity index (χ0) is 8.27. The Labute approximate surface area is 74.5 Å². The molecule has 1 unspecified atom stereocenters. The van der Waals surface area contributed by atoms with Crippen molar-refractivity contribution in [3.05, 3.63) is 11.1 Å². The summed E-state index contributed by atoms with van der Waals surface area (Å²) in [6.07, 6.45) is 5.06. The second-order valence-corrected chi connectivity index (χ2v) is 3.60. The van der Waals surface area contributed by atoms with Crippen LogP contribution in [0.5, 0.6) is 0 Å². The molecule has 0 aromatic heterocycles. The first kappa shape index (κ1) is 9.14. The van der Waals surface area contributed by atoms with Gasteiger partial charge in [0.1, 0.15) is 0 Å². The van der Waals surface area contributed by atoms with E-state index in [-0.39, 0.29) is 6.04 Å². The Morgan fingerprint density at radius 1 is 1.45 bits per heavy atom. The van der Waals surface area contributed by atoms with Crippen molar-refractivity contribution < 1.29 is 0 Å². The molecular formula is C9H17NS. The van der Waals surface area contributed by atoms with Gasteiger partial charge in [-0.15, -0.1) is 0 Å². The zero-order valence-corrected chi connectivity index (χ0v) is 8.03. The van der Waals surface area contributed by atoms with Crippen molar-refractivity contribution >= 4 is 12.6 Å². The minimum absolute atomic E-state index is 0.248. The van der Waals surface area contributed by atoms with Gasteiger partial charge in [0, 0.05) is 11.8 Å². The molecule has 1 nitrogen and oxygen atoms in total. The summed E-state index contributed by atoms with van der Waals surface area (Å²) in [6, 6.07) is 0.248. The largest absolute Gasteiger partial charge is 0.324 e. The number of hydrogen-bond acceptors (Lipinski definition) is 2. The summed E-state index contributed by atoms with van der Waals surface area (Å²) in [5.41, 5.74) is 8.80. The lowest BCUT2D eigenvalue weighted by atomic mass is 9.89. The highest BCUT2D eigenvalue weighted by atomic mass is 32.1. The van der Waals surface area contributed by atoms with Crippen LogP contribution in [0.15, 0.2) is 11.1 Å². The highest BCUT2D eigenvalue weighted by molar-refractivity contribution is 7.80. The van der Waals surface area contributed by atoms with Gasteiger partial charge in [0.2, 0.25) is 0 Å². The quantitative estimate of drug-likeness (QED) is 0.483. The maximum absolute atomic E-state index is 5.84. The van der Waals surface area contributed by atoms with Crippen LogP contribution in [0.3, 0.4) is 0 Å². The fourth-order valence-corrected chi connectivity index (χ4v) is 2.08. The first-order valence-corrected chi connectivity index (χ1v) is 4.96. The van der Waals surface area contributed by atoms with Crippen LogP contribution in [-0.4, -0.2) is 11.8 Å². The second kappa shape index (κ2) is 4.17. The van der Waals surface area contributed by atoms with Crippen molar-refractivity contribution in [3.8, 4) is 0 Å². The van der Waals surface area contributed by atoms with Gasteiger partial charge in [-0.2, -0.15) is 12.6 Å². The molecule has 0 heterocycles. The summed E-state index contributed by atoms with van der Waals surface area (Å²) in [5.74, 6) is 0.900. The Kier molecular flexibility index (Phi) is 3.46. The van der Waals surface area contributed by atoms with Crippen LogP contribution >= 0.6 is 12.6 Å². The average molecular weight is 171 g/mol. The minimum atomic E-state index is 0.248. The van der Waals surface area contributed by atoms with Gasteiger partial charge in [-0.25, -0.2) is 0 Å². The van der Waals surface area contributed by atoms with Crippen LogP contribution in [0.25, 0.3) is 0 Å². The lowest BCUT2D eigenvalue weighted by Gasteiger charge is -2.21. The molecule has 11 heavy (non-hydrogen) atoms. The normalized spacial score (nSPS) is 22.1. The van der Waals surface area contributed by atoms with Crippen molar-refractivity contribution in [1.29, 1.82) is 0 Å². The average Bonchev–Trinajstić information content (AvgIpc) is 2.04. The first-order valence-electron chi connectivity index (χ1n) is 4.33. The molecule has 0 amide bonds. The summed E-state index contributed by atoms with van der Waals surface area (Å²) >= 11 is 4.30. The molecule has 0 saturated heterocycles. The molecule has 2 heteroatoms. The molecule has 0 spiro atoms. The van der Waals surface area contributed by atoms with E-state index < -0.39 is 0 Å². The molecule has 0 aliphatic heterocycles. The molecular weight excluding hydrogens is 154 g/mol. The van der Waals surface area contributed by atoms with Crippen LogP contribution < -0.4 is 5.73 Å². The van der Waals surface area contributed by atoms with E-state index in [1.54, 1.807) is 0 Å². The topological polar surface area (TPSA) is 26.0 Å². The van der Waals surface area contributed by atoms with Crippen LogP contribution in [-0.2, 0) is 0 Å². The van der Waals surface area contributed by atoms with E-state index in [0.29, 0.717) is 0 Å². The first-order chi connectivity index (χ1) is 5.25. The van der Waals surface area contributed by atoms with Gasteiger partial charge in [0.05, 0.1) is 0 Å². The van der Waals surface area contributed by atoms with Gasteiger partial charge in [0.25, 0.3) is 0 Å². The summed E-state index contributed by atoms with van der Waals surface area (Å²) in [5, 5.41) is 0. The van der Waals surface area contributed by atoms with Gasteiger partial charge in [-0.3, -0.25) is 0 Å². The zero-order valence-electron chi connectivity index (χ0n) is 7.14. The van der Waals surface area contributed by atoms with Gasteiger partial charge >= 0.3 is 0 Å². The fraction of sp³-hybridized carbons (Fsp3) is 0.778. The van der Waals surface area contributed by atoms with Crippen molar-refractivity contribution in [1.82, 2.24) is 0 Å². The van der Waals surface area contributed by atoms with E-state index in [1.165, 1.54) is 36.8 Å². The SMILES string of the molecule is CC(N)C1=C(CS)CCCC1. The van der Waals surface area contributed by atoms with Gasteiger partial charge in [-0.05, 0) is 32.6 Å². The fourth-order valence-electron chi connectivity index (χ4n) is 1.72. The Balaban J connectivity index is 2.73. The Hall–Kier alpha value is 0.0500. The molecule has 0 radical (unpaired) electrons. The molecule has 0 fully saturated rings. The predicted octanol–water partition coefficient (Wildman–Crippen LogP) is 2.13. The van der Waals surface area contributed by atoms with Crippen LogP contribution in [0.2, 0.25) is 0 Å². The third-order valence-corrected chi connectivity index (χ3v) is 2.75.